The molecule has 0 unspecified atom stereocenters. The van der Waals surface area contributed by atoms with Gasteiger partial charge in [-0.25, -0.2) is 14.4 Å². The first-order chi connectivity index (χ1) is 10.2. The average Bonchev–Trinajstić information content (AvgIpc) is 2.90. The van der Waals surface area contributed by atoms with Crippen molar-refractivity contribution in [3.8, 4) is 10.7 Å². The number of fused-ring (bicyclic) bond motifs is 1. The maximum atomic E-state index is 13.5. The lowest BCUT2D eigenvalue weighted by molar-refractivity contribution is 0.629. The molecule has 3 aromatic rings. The summed E-state index contributed by atoms with van der Waals surface area (Å²) >= 11 is 7.62. The maximum absolute atomic E-state index is 13.5. The van der Waals surface area contributed by atoms with Crippen LogP contribution < -0.4 is 5.32 Å². The van der Waals surface area contributed by atoms with Crippen LogP contribution in [0.25, 0.3) is 21.6 Å². The van der Waals surface area contributed by atoms with Gasteiger partial charge in [-0.1, -0.05) is 18.5 Å². The van der Waals surface area contributed by atoms with Crippen molar-refractivity contribution in [2.75, 3.05) is 11.9 Å². The normalized spacial score (nSPS) is 11.0. The summed E-state index contributed by atoms with van der Waals surface area (Å²) in [7, 11) is 0. The van der Waals surface area contributed by atoms with Crippen LogP contribution in [0.5, 0.6) is 0 Å². The summed E-state index contributed by atoms with van der Waals surface area (Å²) < 4.78 is 13.5. The van der Waals surface area contributed by atoms with Crippen LogP contribution in [-0.2, 0) is 0 Å². The zero-order chi connectivity index (χ0) is 14.8. The third-order valence-electron chi connectivity index (χ3n) is 3.02. The molecule has 0 fully saturated rings. The van der Waals surface area contributed by atoms with Gasteiger partial charge in [-0.3, -0.25) is 0 Å². The summed E-state index contributed by atoms with van der Waals surface area (Å²) in [6, 6.07) is 6.34. The van der Waals surface area contributed by atoms with Gasteiger partial charge in [-0.15, -0.1) is 11.3 Å². The van der Waals surface area contributed by atoms with Crippen molar-refractivity contribution in [1.82, 2.24) is 9.97 Å². The molecule has 21 heavy (non-hydrogen) atoms. The summed E-state index contributed by atoms with van der Waals surface area (Å²) in [6.07, 6.45) is 0.974. The van der Waals surface area contributed by atoms with Crippen LogP contribution in [0.4, 0.5) is 10.2 Å². The van der Waals surface area contributed by atoms with Gasteiger partial charge in [0, 0.05) is 18.0 Å². The molecule has 0 radical (unpaired) electrons. The number of aromatic nitrogens is 2. The number of rotatable bonds is 4. The molecule has 0 aliphatic rings. The molecule has 0 aliphatic heterocycles. The fourth-order valence-corrected chi connectivity index (χ4v) is 3.11. The Morgan fingerprint density at radius 3 is 2.86 bits per heavy atom. The highest BCUT2D eigenvalue weighted by Crippen LogP contribution is 2.33. The predicted molar refractivity (Wildman–Crippen MR) is 86.6 cm³/mol. The largest absolute Gasteiger partial charge is 0.369 e. The number of nitrogens with zero attached hydrogens (tertiary/aromatic N) is 2. The molecule has 0 atom stereocenters. The highest BCUT2D eigenvalue weighted by Gasteiger charge is 2.13. The number of thiophene rings is 1. The van der Waals surface area contributed by atoms with Crippen molar-refractivity contribution >= 4 is 39.7 Å². The number of hydrogen-bond acceptors (Lipinski definition) is 4. The minimum absolute atomic E-state index is 0.314. The van der Waals surface area contributed by atoms with E-state index in [0.29, 0.717) is 22.2 Å². The summed E-state index contributed by atoms with van der Waals surface area (Å²) in [5.74, 6) is 0.916. The standard InChI is InChI=1S/C15H13ClFN3S/c1-2-6-18-14-10-4-3-9(17)8-12(10)19-15(20-14)13-11(16)5-7-21-13/h3-5,7-8H,2,6H2,1H3,(H,18,19,20). The van der Waals surface area contributed by atoms with E-state index in [9.17, 15) is 4.39 Å². The van der Waals surface area contributed by atoms with Crippen LogP contribution in [0, 0.1) is 5.82 Å². The van der Waals surface area contributed by atoms with E-state index in [1.165, 1.54) is 23.5 Å². The Bertz CT molecular complexity index is 788. The van der Waals surface area contributed by atoms with Crippen LogP contribution in [-0.4, -0.2) is 16.5 Å². The Labute approximate surface area is 130 Å². The fraction of sp³-hybridized carbons (Fsp3) is 0.200. The zero-order valence-electron chi connectivity index (χ0n) is 11.4. The quantitative estimate of drug-likeness (QED) is 0.737. The lowest BCUT2D eigenvalue weighted by atomic mass is 10.2. The monoisotopic (exact) mass is 321 g/mol. The molecule has 2 aromatic heterocycles. The van der Waals surface area contributed by atoms with Gasteiger partial charge < -0.3 is 5.32 Å². The molecule has 0 aliphatic carbocycles. The summed E-state index contributed by atoms with van der Waals surface area (Å²) in [4.78, 5) is 9.79. The molecule has 0 saturated heterocycles. The number of halogens is 2. The van der Waals surface area contributed by atoms with E-state index in [-0.39, 0.29) is 5.82 Å². The van der Waals surface area contributed by atoms with Crippen LogP contribution in [0.1, 0.15) is 13.3 Å². The van der Waals surface area contributed by atoms with Crippen LogP contribution >= 0.6 is 22.9 Å². The third-order valence-corrected chi connectivity index (χ3v) is 4.36. The Hall–Kier alpha value is -1.72. The first-order valence-corrected chi connectivity index (χ1v) is 7.89. The van der Waals surface area contributed by atoms with Crippen LogP contribution in [0.2, 0.25) is 5.02 Å². The van der Waals surface area contributed by atoms with Crippen molar-refractivity contribution in [3.05, 3.63) is 40.5 Å². The Morgan fingerprint density at radius 2 is 2.14 bits per heavy atom. The van der Waals surface area contributed by atoms with Crippen molar-refractivity contribution in [3.63, 3.8) is 0 Å². The van der Waals surface area contributed by atoms with Gasteiger partial charge in [0.05, 0.1) is 15.4 Å². The van der Waals surface area contributed by atoms with Gasteiger partial charge in [0.1, 0.15) is 11.6 Å². The van der Waals surface area contributed by atoms with Crippen molar-refractivity contribution in [1.29, 1.82) is 0 Å². The van der Waals surface area contributed by atoms with Gasteiger partial charge in [-0.2, -0.15) is 0 Å². The SMILES string of the molecule is CCCNc1nc(-c2sccc2Cl)nc2cc(F)ccc12. The molecular weight excluding hydrogens is 309 g/mol. The van der Waals surface area contributed by atoms with Gasteiger partial charge in [0.25, 0.3) is 0 Å². The van der Waals surface area contributed by atoms with Gasteiger partial charge in [0.15, 0.2) is 5.82 Å². The Kier molecular flexibility index (Phi) is 4.03. The van der Waals surface area contributed by atoms with E-state index in [4.69, 9.17) is 11.6 Å². The van der Waals surface area contributed by atoms with Gasteiger partial charge >= 0.3 is 0 Å². The highest BCUT2D eigenvalue weighted by molar-refractivity contribution is 7.14. The first-order valence-electron chi connectivity index (χ1n) is 6.63. The molecule has 3 nitrogen and oxygen atoms in total. The second-order valence-electron chi connectivity index (χ2n) is 4.58. The minimum Gasteiger partial charge on any atom is -0.369 e. The number of hydrogen-bond donors (Lipinski definition) is 1. The number of benzene rings is 1. The Morgan fingerprint density at radius 1 is 1.29 bits per heavy atom. The summed E-state index contributed by atoms with van der Waals surface area (Å²) in [6.45, 7) is 2.87. The summed E-state index contributed by atoms with van der Waals surface area (Å²) in [5.41, 5.74) is 0.572. The third kappa shape index (κ3) is 2.84. The molecular formula is C15H13ClFN3S. The lowest BCUT2D eigenvalue weighted by Gasteiger charge is -2.10. The highest BCUT2D eigenvalue weighted by atomic mass is 35.5. The van der Waals surface area contributed by atoms with E-state index >= 15 is 0 Å². The fourth-order valence-electron chi connectivity index (χ4n) is 2.04. The topological polar surface area (TPSA) is 37.8 Å². The van der Waals surface area contributed by atoms with Gasteiger partial charge in [0.2, 0.25) is 0 Å². The van der Waals surface area contributed by atoms with E-state index in [1.54, 1.807) is 12.1 Å². The number of nitrogens with one attached hydrogen (secondary N) is 1. The maximum Gasteiger partial charge on any atom is 0.173 e. The molecule has 1 N–H and O–H groups in total. The molecule has 3 rings (SSSR count). The minimum atomic E-state index is -0.314. The molecule has 0 bridgehead atoms. The smallest absolute Gasteiger partial charge is 0.173 e. The van der Waals surface area contributed by atoms with Gasteiger partial charge in [-0.05, 0) is 30.0 Å². The average molecular weight is 322 g/mol. The molecule has 6 heteroatoms. The molecule has 1 aromatic carbocycles. The summed E-state index contributed by atoms with van der Waals surface area (Å²) in [5, 5.41) is 6.57. The van der Waals surface area contributed by atoms with Crippen molar-refractivity contribution < 1.29 is 4.39 Å². The van der Waals surface area contributed by atoms with E-state index in [0.717, 1.165) is 23.2 Å². The predicted octanol–water partition coefficient (Wildman–Crippen LogP) is 4.97. The van der Waals surface area contributed by atoms with E-state index in [2.05, 4.69) is 22.2 Å². The molecule has 2 heterocycles. The first kappa shape index (κ1) is 14.2. The molecule has 108 valence electrons. The Balaban J connectivity index is 2.20. The molecule has 0 amide bonds. The van der Waals surface area contributed by atoms with Crippen molar-refractivity contribution in [2.45, 2.75) is 13.3 Å². The second kappa shape index (κ2) is 5.95. The second-order valence-corrected chi connectivity index (χ2v) is 5.91. The van der Waals surface area contributed by atoms with Crippen LogP contribution in [0.15, 0.2) is 29.6 Å². The zero-order valence-corrected chi connectivity index (χ0v) is 12.9. The van der Waals surface area contributed by atoms with E-state index in [1.807, 2.05) is 5.38 Å². The van der Waals surface area contributed by atoms with Crippen molar-refractivity contribution in [2.24, 2.45) is 0 Å². The lowest BCUT2D eigenvalue weighted by Crippen LogP contribution is -2.04. The number of anilines is 1. The van der Waals surface area contributed by atoms with Crippen LogP contribution in [0.3, 0.4) is 0 Å². The molecule has 0 spiro atoms. The molecule has 0 saturated carbocycles. The van der Waals surface area contributed by atoms with E-state index < -0.39 is 0 Å².